The maximum absolute atomic E-state index is 12.2. The average molecular weight is 391 g/mol. The first kappa shape index (κ1) is 17.8. The molecule has 6 heteroatoms. The van der Waals surface area contributed by atoms with E-state index in [1.807, 2.05) is 30.3 Å². The summed E-state index contributed by atoms with van der Waals surface area (Å²) >= 11 is 5.85. The third-order valence-electron chi connectivity index (χ3n) is 4.09. The van der Waals surface area contributed by atoms with Crippen molar-refractivity contribution in [2.75, 3.05) is 5.32 Å². The molecule has 0 aliphatic rings. The van der Waals surface area contributed by atoms with Crippen LogP contribution in [0.25, 0.3) is 28.6 Å². The maximum atomic E-state index is 12.2. The van der Waals surface area contributed by atoms with E-state index in [9.17, 15) is 9.90 Å². The van der Waals surface area contributed by atoms with Crippen LogP contribution in [0.1, 0.15) is 5.56 Å². The van der Waals surface area contributed by atoms with Crippen molar-refractivity contribution in [3.8, 4) is 17.2 Å². The van der Waals surface area contributed by atoms with Crippen molar-refractivity contribution in [2.24, 2.45) is 0 Å². The summed E-state index contributed by atoms with van der Waals surface area (Å²) in [7, 11) is 0. The maximum Gasteiger partial charge on any atom is 0.248 e. The molecule has 0 saturated carbocycles. The lowest BCUT2D eigenvalue weighted by Crippen LogP contribution is -2.07. The Balaban J connectivity index is 1.55. The summed E-state index contributed by atoms with van der Waals surface area (Å²) in [5.41, 5.74) is 3.09. The number of carbonyl (C=O) groups is 1. The van der Waals surface area contributed by atoms with Crippen LogP contribution in [-0.4, -0.2) is 16.0 Å². The van der Waals surface area contributed by atoms with E-state index in [1.165, 1.54) is 12.1 Å². The molecule has 3 aromatic carbocycles. The van der Waals surface area contributed by atoms with Crippen LogP contribution in [0.4, 0.5) is 5.69 Å². The number of para-hydroxylation sites is 2. The summed E-state index contributed by atoms with van der Waals surface area (Å²) in [6, 6.07) is 19.2. The van der Waals surface area contributed by atoms with Gasteiger partial charge in [0.05, 0.1) is 5.56 Å². The van der Waals surface area contributed by atoms with Gasteiger partial charge in [0.2, 0.25) is 11.8 Å². The van der Waals surface area contributed by atoms with Crippen LogP contribution >= 0.6 is 11.6 Å². The van der Waals surface area contributed by atoms with Crippen molar-refractivity contribution in [3.05, 3.63) is 83.4 Å². The molecule has 0 atom stereocenters. The van der Waals surface area contributed by atoms with Crippen LogP contribution in [0.15, 0.2) is 77.2 Å². The number of benzene rings is 3. The number of carbonyl (C=O) groups excluding carboxylic acids is 1. The van der Waals surface area contributed by atoms with Crippen molar-refractivity contribution in [1.82, 2.24) is 4.98 Å². The van der Waals surface area contributed by atoms with Gasteiger partial charge in [-0.2, -0.15) is 0 Å². The van der Waals surface area contributed by atoms with E-state index in [4.69, 9.17) is 16.0 Å². The zero-order valence-corrected chi connectivity index (χ0v) is 15.4. The minimum atomic E-state index is -0.302. The molecule has 1 heterocycles. The Morgan fingerprint density at radius 1 is 1.07 bits per heavy atom. The van der Waals surface area contributed by atoms with Crippen LogP contribution in [0.5, 0.6) is 5.75 Å². The van der Waals surface area contributed by atoms with E-state index in [0.29, 0.717) is 27.4 Å². The molecule has 4 rings (SSSR count). The van der Waals surface area contributed by atoms with Gasteiger partial charge in [0, 0.05) is 16.8 Å². The number of oxazole rings is 1. The van der Waals surface area contributed by atoms with Gasteiger partial charge in [-0.05, 0) is 54.1 Å². The highest BCUT2D eigenvalue weighted by Gasteiger charge is 2.13. The number of hydrogen-bond acceptors (Lipinski definition) is 4. The molecule has 1 aromatic heterocycles. The highest BCUT2D eigenvalue weighted by Crippen LogP contribution is 2.33. The average Bonchev–Trinajstić information content (AvgIpc) is 3.13. The van der Waals surface area contributed by atoms with Gasteiger partial charge in [0.1, 0.15) is 11.3 Å². The van der Waals surface area contributed by atoms with Crippen molar-refractivity contribution >= 4 is 40.4 Å². The molecule has 0 bridgehead atoms. The SMILES string of the molecule is O=C(C=Cc1ccc(Cl)cc1)Nc1ccc(O)c(-c2nc3ccccc3o2)c1. The quantitative estimate of drug-likeness (QED) is 0.356. The molecule has 4 aromatic rings. The fourth-order valence-electron chi connectivity index (χ4n) is 2.70. The van der Waals surface area contributed by atoms with Crippen LogP contribution in [-0.2, 0) is 4.79 Å². The standard InChI is InChI=1S/C22H15ClN2O3/c23-15-8-5-14(6-9-15)7-12-21(27)24-16-10-11-19(26)17(13-16)22-25-18-3-1-2-4-20(18)28-22/h1-13,26H,(H,24,27). The van der Waals surface area contributed by atoms with Gasteiger partial charge in [-0.15, -0.1) is 0 Å². The number of anilines is 1. The zero-order valence-electron chi connectivity index (χ0n) is 14.6. The van der Waals surface area contributed by atoms with E-state index in [-0.39, 0.29) is 17.5 Å². The second-order valence-corrected chi connectivity index (χ2v) is 6.53. The van der Waals surface area contributed by atoms with Gasteiger partial charge < -0.3 is 14.8 Å². The van der Waals surface area contributed by atoms with E-state index >= 15 is 0 Å². The van der Waals surface area contributed by atoms with Crippen molar-refractivity contribution < 1.29 is 14.3 Å². The molecule has 0 aliphatic heterocycles. The predicted molar refractivity (Wildman–Crippen MR) is 110 cm³/mol. The molecule has 1 amide bonds. The van der Waals surface area contributed by atoms with Crippen LogP contribution in [0.2, 0.25) is 5.02 Å². The third-order valence-corrected chi connectivity index (χ3v) is 4.34. The summed E-state index contributed by atoms with van der Waals surface area (Å²) in [6.07, 6.45) is 3.11. The number of aromatic hydroxyl groups is 1. The van der Waals surface area contributed by atoms with Gasteiger partial charge in [-0.3, -0.25) is 4.79 Å². The molecular weight excluding hydrogens is 376 g/mol. The molecule has 0 aliphatic carbocycles. The number of rotatable bonds is 4. The fraction of sp³-hybridized carbons (Fsp3) is 0. The Bertz CT molecular complexity index is 1150. The summed E-state index contributed by atoms with van der Waals surface area (Å²) in [5.74, 6) is -0.00285. The van der Waals surface area contributed by atoms with Crippen LogP contribution < -0.4 is 5.32 Å². The first-order valence-electron chi connectivity index (χ1n) is 8.52. The summed E-state index contributed by atoms with van der Waals surface area (Å²) < 4.78 is 5.70. The number of nitrogens with one attached hydrogen (secondary N) is 1. The van der Waals surface area contributed by atoms with Crippen LogP contribution in [0, 0.1) is 0 Å². The molecule has 0 unspecified atom stereocenters. The van der Waals surface area contributed by atoms with E-state index in [0.717, 1.165) is 5.56 Å². The molecule has 138 valence electrons. The number of nitrogens with zero attached hydrogens (tertiary/aromatic N) is 1. The Hall–Kier alpha value is -3.57. The molecule has 0 saturated heterocycles. The Kier molecular flexibility index (Phi) is 4.83. The van der Waals surface area contributed by atoms with Gasteiger partial charge in [-0.25, -0.2) is 4.98 Å². The molecular formula is C22H15ClN2O3. The number of amides is 1. The Labute approximate surface area is 165 Å². The number of phenolic OH excluding ortho intramolecular Hbond substituents is 1. The lowest BCUT2D eigenvalue weighted by atomic mass is 10.1. The highest BCUT2D eigenvalue weighted by molar-refractivity contribution is 6.30. The Morgan fingerprint density at radius 3 is 2.64 bits per heavy atom. The molecule has 0 radical (unpaired) electrons. The number of hydrogen-bond donors (Lipinski definition) is 2. The first-order valence-corrected chi connectivity index (χ1v) is 8.90. The fourth-order valence-corrected chi connectivity index (χ4v) is 2.83. The molecule has 5 nitrogen and oxygen atoms in total. The van der Waals surface area contributed by atoms with E-state index in [2.05, 4.69) is 10.3 Å². The minimum absolute atomic E-state index is 0.0151. The molecule has 0 spiro atoms. The van der Waals surface area contributed by atoms with Crippen molar-refractivity contribution in [2.45, 2.75) is 0 Å². The zero-order chi connectivity index (χ0) is 19.5. The normalized spacial score (nSPS) is 11.2. The molecule has 0 fully saturated rings. The largest absolute Gasteiger partial charge is 0.507 e. The lowest BCUT2D eigenvalue weighted by Gasteiger charge is -2.06. The monoisotopic (exact) mass is 390 g/mol. The predicted octanol–water partition coefficient (Wildman–Crippen LogP) is 5.51. The second-order valence-electron chi connectivity index (χ2n) is 6.09. The van der Waals surface area contributed by atoms with Gasteiger partial charge in [-0.1, -0.05) is 35.9 Å². The minimum Gasteiger partial charge on any atom is -0.507 e. The van der Waals surface area contributed by atoms with E-state index < -0.39 is 0 Å². The number of halogens is 1. The third kappa shape index (κ3) is 3.89. The van der Waals surface area contributed by atoms with Crippen LogP contribution in [0.3, 0.4) is 0 Å². The summed E-state index contributed by atoms with van der Waals surface area (Å²) in [6.45, 7) is 0. The van der Waals surface area contributed by atoms with Crippen molar-refractivity contribution in [3.63, 3.8) is 0 Å². The summed E-state index contributed by atoms with van der Waals surface area (Å²) in [4.78, 5) is 16.6. The van der Waals surface area contributed by atoms with Gasteiger partial charge >= 0.3 is 0 Å². The Morgan fingerprint density at radius 2 is 1.86 bits per heavy atom. The molecule has 28 heavy (non-hydrogen) atoms. The van der Waals surface area contributed by atoms with Gasteiger partial charge in [0.15, 0.2) is 5.58 Å². The topological polar surface area (TPSA) is 75.4 Å². The first-order chi connectivity index (χ1) is 13.6. The second kappa shape index (κ2) is 7.58. The van der Waals surface area contributed by atoms with Crippen molar-refractivity contribution in [1.29, 1.82) is 0 Å². The van der Waals surface area contributed by atoms with Gasteiger partial charge in [0.25, 0.3) is 0 Å². The highest BCUT2D eigenvalue weighted by atomic mass is 35.5. The molecule has 2 N–H and O–H groups in total. The smallest absolute Gasteiger partial charge is 0.248 e. The van der Waals surface area contributed by atoms with E-state index in [1.54, 1.807) is 36.4 Å². The number of aromatic nitrogens is 1. The lowest BCUT2D eigenvalue weighted by molar-refractivity contribution is -0.111. The number of phenols is 1. The number of fused-ring (bicyclic) bond motifs is 1. The summed E-state index contributed by atoms with van der Waals surface area (Å²) in [5, 5.41) is 13.6.